The lowest BCUT2D eigenvalue weighted by Gasteiger charge is -2.14. The summed E-state index contributed by atoms with van der Waals surface area (Å²) in [6.07, 6.45) is 0. The van der Waals surface area contributed by atoms with Gasteiger partial charge >= 0.3 is 0 Å². The lowest BCUT2D eigenvalue weighted by Crippen LogP contribution is -2.31. The summed E-state index contributed by atoms with van der Waals surface area (Å²) in [6, 6.07) is 8.11. The molecule has 2 amide bonds. The molecule has 1 heterocycles. The van der Waals surface area contributed by atoms with E-state index in [1.807, 2.05) is 0 Å². The van der Waals surface area contributed by atoms with E-state index in [0.29, 0.717) is 6.54 Å². The third-order valence-electron chi connectivity index (χ3n) is 2.63. The number of fused-ring (bicyclic) bond motifs is 1. The van der Waals surface area contributed by atoms with Gasteiger partial charge in [0.1, 0.15) is 0 Å². The minimum absolute atomic E-state index is 0.0776. The van der Waals surface area contributed by atoms with Crippen LogP contribution in [0.3, 0.4) is 0 Å². The number of rotatable bonds is 1. The topological polar surface area (TPSA) is 63.4 Å². The Bertz CT molecular complexity index is 389. The van der Waals surface area contributed by atoms with Gasteiger partial charge in [0.25, 0.3) is 0 Å². The minimum Gasteiger partial charge on any atom is -0.369 e. The van der Waals surface area contributed by atoms with Crippen LogP contribution in [0.15, 0.2) is 18.2 Å². The van der Waals surface area contributed by atoms with Crippen molar-refractivity contribution < 1.29 is 9.59 Å². The second kappa shape index (κ2) is 3.38. The number of primary amides is 1. The summed E-state index contributed by atoms with van der Waals surface area (Å²) in [5.74, 6) is -0.882. The van der Waals surface area contributed by atoms with Crippen molar-refractivity contribution >= 4 is 17.5 Å². The molecule has 1 aromatic carbocycles. The summed E-state index contributed by atoms with van der Waals surface area (Å²) in [5.41, 5.74) is 6.84. The van der Waals surface area contributed by atoms with Crippen molar-refractivity contribution in [3.63, 3.8) is 0 Å². The number of hydrogen-bond acceptors (Lipinski definition) is 2. The van der Waals surface area contributed by atoms with E-state index in [9.17, 15) is 9.59 Å². The first-order valence-electron chi connectivity index (χ1n) is 4.68. The van der Waals surface area contributed by atoms with Gasteiger partial charge in [-0.25, -0.2) is 0 Å². The van der Waals surface area contributed by atoms with Crippen molar-refractivity contribution in [2.45, 2.75) is 12.8 Å². The SMILES string of the molecule is CC(=O)N1CC(C(N)=O)c2c[c]ccc21. The van der Waals surface area contributed by atoms with E-state index in [2.05, 4.69) is 6.07 Å². The Morgan fingerprint density at radius 2 is 2.33 bits per heavy atom. The van der Waals surface area contributed by atoms with Crippen molar-refractivity contribution in [1.29, 1.82) is 0 Å². The van der Waals surface area contributed by atoms with Crippen molar-refractivity contribution in [1.82, 2.24) is 0 Å². The molecule has 1 aliphatic rings. The lowest BCUT2D eigenvalue weighted by atomic mass is 10.0. The van der Waals surface area contributed by atoms with Crippen LogP contribution in [0.25, 0.3) is 0 Å². The molecule has 1 aliphatic heterocycles. The number of anilines is 1. The Balaban J connectivity index is 2.48. The molecule has 0 fully saturated rings. The molecule has 0 saturated heterocycles. The molecule has 0 spiro atoms. The maximum absolute atomic E-state index is 11.3. The average Bonchev–Trinajstić information content (AvgIpc) is 2.56. The maximum atomic E-state index is 11.3. The zero-order valence-corrected chi connectivity index (χ0v) is 8.36. The molecule has 1 atom stereocenters. The fourth-order valence-corrected chi connectivity index (χ4v) is 1.88. The second-order valence-electron chi connectivity index (χ2n) is 3.57. The van der Waals surface area contributed by atoms with Crippen molar-refractivity contribution in [3.05, 3.63) is 29.8 Å². The highest BCUT2D eigenvalue weighted by atomic mass is 16.2. The van der Waals surface area contributed by atoms with Gasteiger partial charge < -0.3 is 10.6 Å². The van der Waals surface area contributed by atoms with Crippen molar-refractivity contribution in [2.75, 3.05) is 11.4 Å². The molecule has 2 N–H and O–H groups in total. The first-order valence-corrected chi connectivity index (χ1v) is 4.68. The smallest absolute Gasteiger partial charge is 0.226 e. The van der Waals surface area contributed by atoms with Crippen LogP contribution in [-0.2, 0) is 9.59 Å². The standard InChI is InChI=1S/C11H11N2O2/c1-7(14)13-6-9(11(12)15)8-4-2-3-5-10(8)13/h3-5,9H,6H2,1H3,(H2,12,15). The summed E-state index contributed by atoms with van der Waals surface area (Å²) >= 11 is 0. The molecule has 1 unspecified atom stereocenters. The molecule has 4 heteroatoms. The Morgan fingerprint density at radius 1 is 1.60 bits per heavy atom. The van der Waals surface area contributed by atoms with Crippen molar-refractivity contribution in [2.24, 2.45) is 5.73 Å². The summed E-state index contributed by atoms with van der Waals surface area (Å²) in [5, 5.41) is 0. The predicted octanol–water partition coefficient (Wildman–Crippen LogP) is 0.422. The van der Waals surface area contributed by atoms with E-state index < -0.39 is 11.8 Å². The molecule has 0 aromatic heterocycles. The first kappa shape index (κ1) is 9.71. The number of carbonyl (C=O) groups excluding carboxylic acids is 2. The maximum Gasteiger partial charge on any atom is 0.226 e. The highest BCUT2D eigenvalue weighted by Crippen LogP contribution is 2.35. The van der Waals surface area contributed by atoms with Gasteiger partial charge in [0.05, 0.1) is 5.92 Å². The first-order chi connectivity index (χ1) is 7.11. The molecule has 2 rings (SSSR count). The average molecular weight is 203 g/mol. The Labute approximate surface area is 87.7 Å². The molecule has 4 nitrogen and oxygen atoms in total. The van der Waals surface area contributed by atoms with Gasteiger partial charge in [-0.3, -0.25) is 9.59 Å². The van der Waals surface area contributed by atoms with E-state index in [-0.39, 0.29) is 5.91 Å². The number of amides is 2. The zero-order chi connectivity index (χ0) is 11.0. The molecular weight excluding hydrogens is 192 g/mol. The fourth-order valence-electron chi connectivity index (χ4n) is 1.88. The number of carbonyl (C=O) groups is 2. The van der Waals surface area contributed by atoms with Gasteiger partial charge in [-0.15, -0.1) is 0 Å². The summed E-state index contributed by atoms with van der Waals surface area (Å²) in [7, 11) is 0. The summed E-state index contributed by atoms with van der Waals surface area (Å²) < 4.78 is 0. The van der Waals surface area contributed by atoms with E-state index in [1.165, 1.54) is 6.92 Å². The Morgan fingerprint density at radius 3 is 2.93 bits per heavy atom. The number of benzene rings is 1. The highest BCUT2D eigenvalue weighted by molar-refractivity contribution is 5.98. The van der Waals surface area contributed by atoms with Crippen LogP contribution in [0.1, 0.15) is 18.4 Å². The quantitative estimate of drug-likeness (QED) is 0.719. The van der Waals surface area contributed by atoms with Crippen LogP contribution in [-0.4, -0.2) is 18.4 Å². The normalized spacial score (nSPS) is 18.7. The Kier molecular flexibility index (Phi) is 2.19. The van der Waals surface area contributed by atoms with E-state index >= 15 is 0 Å². The molecule has 0 saturated carbocycles. The van der Waals surface area contributed by atoms with E-state index in [4.69, 9.17) is 5.73 Å². The third-order valence-corrected chi connectivity index (χ3v) is 2.63. The fraction of sp³-hybridized carbons (Fsp3) is 0.273. The molecule has 0 bridgehead atoms. The van der Waals surface area contributed by atoms with Gasteiger partial charge in [-0.05, 0) is 23.8 Å². The van der Waals surface area contributed by atoms with Gasteiger partial charge in [0.2, 0.25) is 11.8 Å². The van der Waals surface area contributed by atoms with Crippen LogP contribution < -0.4 is 10.6 Å². The van der Waals surface area contributed by atoms with Crippen LogP contribution in [0.5, 0.6) is 0 Å². The van der Waals surface area contributed by atoms with Gasteiger partial charge in [-0.2, -0.15) is 0 Å². The van der Waals surface area contributed by atoms with Gasteiger partial charge in [0.15, 0.2) is 0 Å². The molecule has 15 heavy (non-hydrogen) atoms. The lowest BCUT2D eigenvalue weighted by molar-refractivity contribution is -0.119. The number of nitrogens with zero attached hydrogens (tertiary/aromatic N) is 1. The molecular formula is C11H11N2O2. The highest BCUT2D eigenvalue weighted by Gasteiger charge is 2.33. The molecule has 1 radical (unpaired) electrons. The second-order valence-corrected chi connectivity index (χ2v) is 3.57. The van der Waals surface area contributed by atoms with E-state index in [1.54, 1.807) is 23.1 Å². The number of nitrogens with two attached hydrogens (primary N) is 1. The van der Waals surface area contributed by atoms with Crippen LogP contribution in [0, 0.1) is 6.07 Å². The summed E-state index contributed by atoms with van der Waals surface area (Å²) in [6.45, 7) is 1.82. The van der Waals surface area contributed by atoms with E-state index in [0.717, 1.165) is 11.3 Å². The molecule has 77 valence electrons. The van der Waals surface area contributed by atoms with Gasteiger partial charge in [-0.1, -0.05) is 6.07 Å². The largest absolute Gasteiger partial charge is 0.369 e. The van der Waals surface area contributed by atoms with Crippen LogP contribution >= 0.6 is 0 Å². The monoisotopic (exact) mass is 203 g/mol. The van der Waals surface area contributed by atoms with Crippen LogP contribution in [0.2, 0.25) is 0 Å². The predicted molar refractivity (Wildman–Crippen MR) is 55.2 cm³/mol. The zero-order valence-electron chi connectivity index (χ0n) is 8.36. The third kappa shape index (κ3) is 1.48. The van der Waals surface area contributed by atoms with Gasteiger partial charge in [0, 0.05) is 19.2 Å². The number of hydrogen-bond donors (Lipinski definition) is 1. The Hall–Kier alpha value is -1.84. The minimum atomic E-state index is -0.403. The van der Waals surface area contributed by atoms with Crippen LogP contribution in [0.4, 0.5) is 5.69 Å². The molecule has 0 aliphatic carbocycles. The molecule has 1 aromatic rings. The summed E-state index contributed by atoms with van der Waals surface area (Å²) in [4.78, 5) is 24.1. The van der Waals surface area contributed by atoms with Crippen molar-refractivity contribution in [3.8, 4) is 0 Å².